The van der Waals surface area contributed by atoms with Crippen LogP contribution in [0.4, 0.5) is 0 Å². The van der Waals surface area contributed by atoms with Crippen LogP contribution in [0.1, 0.15) is 74.9 Å². The zero-order valence-electron chi connectivity index (χ0n) is 35.6. The van der Waals surface area contributed by atoms with E-state index in [0.29, 0.717) is 0 Å². The first-order valence-electron chi connectivity index (χ1n) is 21.7. The highest BCUT2D eigenvalue weighted by Crippen LogP contribution is 2.58. The topological polar surface area (TPSA) is 0 Å². The second-order valence-corrected chi connectivity index (χ2v) is 19.2. The molecule has 290 valence electrons. The Morgan fingerprint density at radius 1 is 0.300 bits per heavy atom. The van der Waals surface area contributed by atoms with Gasteiger partial charge in [-0.05, 0) is 145 Å². The van der Waals surface area contributed by atoms with Gasteiger partial charge in [-0.25, -0.2) is 0 Å². The summed E-state index contributed by atoms with van der Waals surface area (Å²) in [4.78, 5) is 0. The predicted molar refractivity (Wildman–Crippen MR) is 257 cm³/mol. The van der Waals surface area contributed by atoms with Crippen LogP contribution in [0.25, 0.3) is 88.3 Å². The molecule has 0 heterocycles. The zero-order chi connectivity index (χ0) is 40.9. The standard InChI is InChI=1S/C60H50/c1-59(2,3)57-47-33-34-48-56(55(47)51(53-45-23-15-13-21-43(45)35-49(53)57)41-29-25-39(26-30-41)37-17-9-7-10-18-37)52(42-31-27-40(28-32-42)38-19-11-8-12-20-38)54-46-24-16-14-22-44(46)36-50(54)58(48)60(4,5)6/h7-34H,35-36H2,1-6H3. The fraction of sp³-hybridized carbons (Fsp3) is 0.167. The first kappa shape index (κ1) is 36.6. The van der Waals surface area contributed by atoms with Crippen molar-refractivity contribution in [1.29, 1.82) is 0 Å². The van der Waals surface area contributed by atoms with E-state index in [4.69, 9.17) is 0 Å². The first-order valence-corrected chi connectivity index (χ1v) is 21.7. The summed E-state index contributed by atoms with van der Waals surface area (Å²) in [5, 5.41) is 5.49. The highest BCUT2D eigenvalue weighted by atomic mass is 14.4. The molecule has 0 fully saturated rings. The molecule has 9 aromatic carbocycles. The van der Waals surface area contributed by atoms with Crippen molar-refractivity contribution in [3.8, 4) is 66.8 Å². The van der Waals surface area contributed by atoms with Gasteiger partial charge in [-0.1, -0.05) is 211 Å². The molecule has 9 aromatic rings. The molecule has 0 aromatic heterocycles. The highest BCUT2D eigenvalue weighted by molar-refractivity contribution is 6.27. The van der Waals surface area contributed by atoms with Crippen LogP contribution in [0, 0.1) is 0 Å². The Hall–Kier alpha value is -6.50. The molecule has 2 aliphatic carbocycles. The summed E-state index contributed by atoms with van der Waals surface area (Å²) in [7, 11) is 0. The number of hydrogen-bond donors (Lipinski definition) is 0. The van der Waals surface area contributed by atoms with Crippen molar-refractivity contribution in [1.82, 2.24) is 0 Å². The largest absolute Gasteiger partial charge is 0.0622 e. The molecule has 0 saturated heterocycles. The lowest BCUT2D eigenvalue weighted by molar-refractivity contribution is 0.590. The Morgan fingerprint density at radius 2 is 0.617 bits per heavy atom. The summed E-state index contributed by atoms with van der Waals surface area (Å²) >= 11 is 0. The van der Waals surface area contributed by atoms with E-state index < -0.39 is 0 Å². The molecular weight excluding hydrogens is 721 g/mol. The Balaban J connectivity index is 1.36. The van der Waals surface area contributed by atoms with Crippen molar-refractivity contribution < 1.29 is 0 Å². The fourth-order valence-corrected chi connectivity index (χ4v) is 11.0. The lowest BCUT2D eigenvalue weighted by atomic mass is 9.72. The predicted octanol–water partition coefficient (Wildman–Crippen LogP) is 16.4. The van der Waals surface area contributed by atoms with Crippen LogP contribution in [0.15, 0.2) is 170 Å². The number of benzene rings is 9. The summed E-state index contributed by atoms with van der Waals surface area (Å²) in [6.45, 7) is 14.5. The normalized spacial score (nSPS) is 13.0. The third-order valence-electron chi connectivity index (χ3n) is 13.3. The second kappa shape index (κ2) is 13.5. The fourth-order valence-electron chi connectivity index (χ4n) is 11.0. The van der Waals surface area contributed by atoms with E-state index in [9.17, 15) is 0 Å². The van der Waals surface area contributed by atoms with Gasteiger partial charge in [-0.3, -0.25) is 0 Å². The summed E-state index contributed by atoms with van der Waals surface area (Å²) in [5.74, 6) is 0. The summed E-state index contributed by atoms with van der Waals surface area (Å²) in [6.07, 6.45) is 1.89. The minimum Gasteiger partial charge on any atom is -0.0622 e. The average molecular weight is 771 g/mol. The van der Waals surface area contributed by atoms with E-state index in [1.807, 2.05) is 0 Å². The SMILES string of the molecule is CC(C)(C)c1c2c(c(-c3ccc(-c4ccccc4)cc3)c3c1ccc1c(C(C)(C)C)c4c(c(-c5ccc(-c6ccccc6)cc5)c13)-c1ccccc1C4)-c1ccccc1C2. The van der Waals surface area contributed by atoms with Crippen LogP contribution in [0.3, 0.4) is 0 Å². The molecule has 60 heavy (non-hydrogen) atoms. The van der Waals surface area contributed by atoms with E-state index in [1.165, 1.54) is 122 Å². The van der Waals surface area contributed by atoms with Crippen molar-refractivity contribution in [2.24, 2.45) is 0 Å². The van der Waals surface area contributed by atoms with E-state index >= 15 is 0 Å². The Morgan fingerprint density at radius 3 is 0.983 bits per heavy atom. The van der Waals surface area contributed by atoms with Crippen molar-refractivity contribution >= 4 is 21.5 Å². The maximum atomic E-state index is 2.51. The lowest BCUT2D eigenvalue weighted by Gasteiger charge is -2.32. The minimum absolute atomic E-state index is 0.0958. The second-order valence-electron chi connectivity index (χ2n) is 19.2. The number of hydrogen-bond acceptors (Lipinski definition) is 0. The smallest absolute Gasteiger partial charge is 0.00101 e. The van der Waals surface area contributed by atoms with Crippen molar-refractivity contribution in [3.63, 3.8) is 0 Å². The van der Waals surface area contributed by atoms with Gasteiger partial charge in [-0.2, -0.15) is 0 Å². The Labute approximate surface area is 355 Å². The van der Waals surface area contributed by atoms with Gasteiger partial charge in [-0.15, -0.1) is 0 Å². The van der Waals surface area contributed by atoms with E-state index in [2.05, 4.69) is 211 Å². The highest BCUT2D eigenvalue weighted by Gasteiger charge is 2.37. The van der Waals surface area contributed by atoms with Crippen molar-refractivity contribution in [2.45, 2.75) is 65.2 Å². The van der Waals surface area contributed by atoms with Crippen molar-refractivity contribution in [2.75, 3.05) is 0 Å². The van der Waals surface area contributed by atoms with Gasteiger partial charge in [0.2, 0.25) is 0 Å². The molecule has 0 unspecified atom stereocenters. The number of rotatable bonds is 4. The van der Waals surface area contributed by atoms with Gasteiger partial charge in [0.05, 0.1) is 0 Å². The van der Waals surface area contributed by atoms with E-state index in [1.54, 1.807) is 0 Å². The van der Waals surface area contributed by atoms with Crippen LogP contribution >= 0.6 is 0 Å². The molecule has 0 nitrogen and oxygen atoms in total. The molecule has 0 N–H and O–H groups in total. The molecule has 0 spiro atoms. The van der Waals surface area contributed by atoms with Crippen molar-refractivity contribution in [3.05, 3.63) is 203 Å². The molecule has 0 amide bonds. The molecule has 2 aliphatic rings. The summed E-state index contributed by atoms with van der Waals surface area (Å²) in [6, 6.07) is 63.9. The van der Waals surface area contributed by atoms with Crippen LogP contribution < -0.4 is 0 Å². The third kappa shape index (κ3) is 5.65. The molecule has 0 radical (unpaired) electrons. The summed E-state index contributed by atoms with van der Waals surface area (Å²) in [5.41, 5.74) is 24.3. The summed E-state index contributed by atoms with van der Waals surface area (Å²) < 4.78 is 0. The van der Waals surface area contributed by atoms with Gasteiger partial charge in [0.25, 0.3) is 0 Å². The Bertz CT molecular complexity index is 2930. The molecule has 11 rings (SSSR count). The van der Waals surface area contributed by atoms with Gasteiger partial charge < -0.3 is 0 Å². The molecule has 0 heteroatoms. The first-order chi connectivity index (χ1) is 29.1. The maximum Gasteiger partial charge on any atom is -0.00101 e. The Kier molecular flexibility index (Phi) is 8.24. The van der Waals surface area contributed by atoms with Gasteiger partial charge in [0.15, 0.2) is 0 Å². The molecule has 0 atom stereocenters. The van der Waals surface area contributed by atoms with Crippen LogP contribution in [-0.4, -0.2) is 0 Å². The quantitative estimate of drug-likeness (QED) is 0.156. The van der Waals surface area contributed by atoms with Gasteiger partial charge in [0, 0.05) is 0 Å². The average Bonchev–Trinajstić information content (AvgIpc) is 3.83. The lowest BCUT2D eigenvalue weighted by Crippen LogP contribution is -2.17. The minimum atomic E-state index is -0.0958. The van der Waals surface area contributed by atoms with Crippen LogP contribution in [0.5, 0.6) is 0 Å². The van der Waals surface area contributed by atoms with Gasteiger partial charge >= 0.3 is 0 Å². The third-order valence-corrected chi connectivity index (χ3v) is 13.3. The van der Waals surface area contributed by atoms with Crippen LogP contribution in [-0.2, 0) is 23.7 Å². The molecule has 0 saturated carbocycles. The zero-order valence-corrected chi connectivity index (χ0v) is 35.6. The molecule has 0 aliphatic heterocycles. The van der Waals surface area contributed by atoms with Gasteiger partial charge in [0.1, 0.15) is 0 Å². The molecular formula is C60H50. The number of fused-ring (bicyclic) bond motifs is 9. The van der Waals surface area contributed by atoms with E-state index in [-0.39, 0.29) is 10.8 Å². The maximum absolute atomic E-state index is 2.51. The monoisotopic (exact) mass is 770 g/mol. The molecule has 0 bridgehead atoms. The van der Waals surface area contributed by atoms with E-state index in [0.717, 1.165) is 12.8 Å². The van der Waals surface area contributed by atoms with Crippen LogP contribution in [0.2, 0.25) is 0 Å².